The monoisotopic (exact) mass is 384 g/mol. The van der Waals surface area contributed by atoms with Gasteiger partial charge in [0.25, 0.3) is 5.78 Å². The van der Waals surface area contributed by atoms with E-state index >= 15 is 0 Å². The van der Waals surface area contributed by atoms with Crippen LogP contribution >= 0.6 is 0 Å². The van der Waals surface area contributed by atoms with E-state index in [1.165, 1.54) is 42.5 Å². The minimum atomic E-state index is -4.31. The molecule has 8 nitrogen and oxygen atoms in total. The van der Waals surface area contributed by atoms with Gasteiger partial charge in [0.2, 0.25) is 6.79 Å². The Bertz CT molecular complexity index is 1100. The Kier molecular flexibility index (Phi) is 5.09. The highest BCUT2D eigenvalue weighted by Gasteiger charge is 2.30. The number of ketones is 1. The fraction of sp³-hybridized carbons (Fsp3) is 0.0556. The Hall–Kier alpha value is -3.39. The molecule has 0 saturated carbocycles. The molecule has 3 rings (SSSR count). The molecule has 2 aromatic rings. The lowest BCUT2D eigenvalue weighted by molar-refractivity contribution is -0.00438. The van der Waals surface area contributed by atoms with Crippen LogP contribution in [0.25, 0.3) is 11.6 Å². The first kappa shape index (κ1) is 18.4. The van der Waals surface area contributed by atoms with Crippen LogP contribution in [0.5, 0.6) is 0 Å². The third kappa shape index (κ3) is 3.75. The Morgan fingerprint density at radius 2 is 1.78 bits per heavy atom. The molecule has 0 fully saturated rings. The lowest BCUT2D eigenvalue weighted by atomic mass is 9.95. The van der Waals surface area contributed by atoms with Gasteiger partial charge in [-0.2, -0.15) is 13.2 Å². The molecule has 0 radical (unpaired) electrons. The minimum Gasteiger partial charge on any atom is -0.434 e. The van der Waals surface area contributed by atoms with Crippen molar-refractivity contribution < 1.29 is 31.7 Å². The molecular formula is C18H12N2O6S. The van der Waals surface area contributed by atoms with Crippen LogP contribution in [0.15, 0.2) is 59.5 Å². The van der Waals surface area contributed by atoms with E-state index in [4.69, 9.17) is 14.5 Å². The van der Waals surface area contributed by atoms with E-state index in [-0.39, 0.29) is 27.3 Å². The number of hydrogen-bond acceptors (Lipinski definition) is 6. The number of hydrogen-bond donors (Lipinski definition) is 0. The summed E-state index contributed by atoms with van der Waals surface area (Å²) in [7, 11) is -4.31. The maximum absolute atomic E-state index is 12.4. The van der Waals surface area contributed by atoms with Gasteiger partial charge in [0.05, 0.1) is 5.56 Å². The lowest BCUT2D eigenvalue weighted by Gasteiger charge is -2.13. The third-order valence-corrected chi connectivity index (χ3v) is 5.03. The predicted octanol–water partition coefficient (Wildman–Crippen LogP) is 2.09. The molecule has 0 N–H and O–H groups in total. The normalized spacial score (nSPS) is 13.0. The van der Waals surface area contributed by atoms with Crippen LogP contribution in [-0.2, 0) is 19.0 Å². The topological polar surface area (TPSA) is 123 Å². The van der Waals surface area contributed by atoms with Crippen molar-refractivity contribution in [1.82, 2.24) is 0 Å². The molecule has 0 atom stereocenters. The van der Waals surface area contributed by atoms with E-state index in [2.05, 4.69) is 4.79 Å². The fourth-order valence-corrected chi connectivity index (χ4v) is 3.44. The van der Waals surface area contributed by atoms with E-state index in [0.29, 0.717) is 0 Å². The van der Waals surface area contributed by atoms with Crippen molar-refractivity contribution in [2.24, 2.45) is 0 Å². The fourth-order valence-electron chi connectivity index (χ4n) is 2.45. The number of carbonyl (C=O) groups excluding carboxylic acids is 2. The molecule has 0 unspecified atom stereocenters. The first-order valence-electron chi connectivity index (χ1n) is 7.63. The standard InChI is InChI=1S/C18H12N2O6S/c19-20-15-10-9-13-14(17(15)21)7-4-8-16(13)27(23,24)26-11-25-18(22)12-5-2-1-3-6-12/h1-10H,11H2. The molecule has 0 saturated heterocycles. The average Bonchev–Trinajstić information content (AvgIpc) is 2.68. The van der Waals surface area contributed by atoms with Gasteiger partial charge in [0.15, 0.2) is 0 Å². The quantitative estimate of drug-likeness (QED) is 0.256. The molecule has 1 aliphatic carbocycles. The number of benzene rings is 2. The molecule has 136 valence electrons. The van der Waals surface area contributed by atoms with Crippen molar-refractivity contribution >= 4 is 33.7 Å². The van der Waals surface area contributed by atoms with Crippen molar-refractivity contribution in [1.29, 1.82) is 0 Å². The first-order valence-corrected chi connectivity index (χ1v) is 9.04. The van der Waals surface area contributed by atoms with Crippen LogP contribution in [0.4, 0.5) is 0 Å². The Morgan fingerprint density at radius 1 is 1.04 bits per heavy atom. The summed E-state index contributed by atoms with van der Waals surface area (Å²) in [5.74, 6) is -1.36. The second-order valence-electron chi connectivity index (χ2n) is 5.35. The molecule has 1 aliphatic rings. The predicted molar refractivity (Wildman–Crippen MR) is 93.4 cm³/mol. The average molecular weight is 384 g/mol. The molecule has 0 bridgehead atoms. The van der Waals surface area contributed by atoms with Crippen LogP contribution in [0, 0.1) is 0 Å². The number of carbonyl (C=O) groups is 2. The van der Waals surface area contributed by atoms with Gasteiger partial charge in [-0.15, -0.1) is 0 Å². The Balaban J connectivity index is 1.79. The number of Topliss-reactive ketones (excluding diaryl/α,β-unsaturated/α-hetero) is 1. The van der Waals surface area contributed by atoms with Gasteiger partial charge in [0.1, 0.15) is 4.90 Å². The molecule has 0 heterocycles. The summed E-state index contributed by atoms with van der Waals surface area (Å²) in [6.45, 7) is -0.819. The highest BCUT2D eigenvalue weighted by atomic mass is 32.2. The summed E-state index contributed by atoms with van der Waals surface area (Å²) in [6, 6.07) is 12.0. The van der Waals surface area contributed by atoms with Gasteiger partial charge < -0.3 is 10.3 Å². The molecule has 0 spiro atoms. The zero-order valence-electron chi connectivity index (χ0n) is 13.7. The smallest absolute Gasteiger partial charge is 0.362 e. The van der Waals surface area contributed by atoms with Crippen LogP contribution in [0.2, 0.25) is 0 Å². The van der Waals surface area contributed by atoms with Gasteiger partial charge >= 0.3 is 21.8 Å². The minimum absolute atomic E-state index is 0.0521. The zero-order valence-corrected chi connectivity index (χ0v) is 14.5. The van der Waals surface area contributed by atoms with E-state index in [0.717, 1.165) is 0 Å². The summed E-state index contributed by atoms with van der Waals surface area (Å²) < 4.78 is 34.5. The van der Waals surface area contributed by atoms with Gasteiger partial charge in [-0.1, -0.05) is 30.3 Å². The van der Waals surface area contributed by atoms with Gasteiger partial charge in [-0.3, -0.25) is 4.79 Å². The Labute approximate surface area is 154 Å². The van der Waals surface area contributed by atoms with Crippen LogP contribution in [0.3, 0.4) is 0 Å². The summed E-state index contributed by atoms with van der Waals surface area (Å²) in [5.41, 5.74) is 8.99. The number of rotatable bonds is 5. The van der Waals surface area contributed by atoms with Crippen molar-refractivity contribution in [3.63, 3.8) is 0 Å². The summed E-state index contributed by atoms with van der Waals surface area (Å²) >= 11 is 0. The molecule has 9 heteroatoms. The molecular weight excluding hydrogens is 372 g/mol. The maximum Gasteiger partial charge on any atom is 0.362 e. The second kappa shape index (κ2) is 7.46. The third-order valence-electron chi connectivity index (χ3n) is 3.73. The molecule has 27 heavy (non-hydrogen) atoms. The molecule has 0 amide bonds. The van der Waals surface area contributed by atoms with Crippen molar-refractivity contribution in [2.45, 2.75) is 4.90 Å². The lowest BCUT2D eigenvalue weighted by Crippen LogP contribution is -2.20. The van der Waals surface area contributed by atoms with Gasteiger partial charge in [-0.05, 0) is 24.3 Å². The maximum atomic E-state index is 12.4. The summed E-state index contributed by atoms with van der Waals surface area (Å²) in [6.07, 6.45) is 2.52. The van der Waals surface area contributed by atoms with E-state index in [9.17, 15) is 18.0 Å². The summed E-state index contributed by atoms with van der Waals surface area (Å²) in [5, 5.41) is 0. The number of fused-ring (bicyclic) bond motifs is 1. The van der Waals surface area contributed by atoms with Crippen LogP contribution < -0.4 is 0 Å². The number of ether oxygens (including phenoxy) is 1. The van der Waals surface area contributed by atoms with Crippen molar-refractivity contribution in [3.8, 4) is 0 Å². The second-order valence-corrected chi connectivity index (χ2v) is 6.94. The summed E-state index contributed by atoms with van der Waals surface area (Å²) in [4.78, 5) is 26.6. The molecule has 0 aromatic heterocycles. The van der Waals surface area contributed by atoms with E-state index < -0.39 is 28.7 Å². The zero-order chi connectivity index (χ0) is 19.4. The van der Waals surface area contributed by atoms with E-state index in [1.807, 2.05) is 0 Å². The van der Waals surface area contributed by atoms with Gasteiger partial charge in [-0.25, -0.2) is 8.98 Å². The SMILES string of the molecule is [N-]=[N+]=C1C=Cc2c(cccc2S(=O)(=O)OCOC(=O)c2ccccc2)C1=O. The van der Waals surface area contributed by atoms with Crippen LogP contribution in [-0.4, -0.2) is 37.5 Å². The van der Waals surface area contributed by atoms with Crippen LogP contribution in [0.1, 0.15) is 26.3 Å². The highest BCUT2D eigenvalue weighted by Crippen LogP contribution is 2.26. The first-order chi connectivity index (χ1) is 12.9. The van der Waals surface area contributed by atoms with E-state index in [1.54, 1.807) is 18.2 Å². The highest BCUT2D eigenvalue weighted by molar-refractivity contribution is 7.86. The number of allylic oxidation sites excluding steroid dienone is 1. The molecule has 0 aliphatic heterocycles. The van der Waals surface area contributed by atoms with Crippen molar-refractivity contribution in [2.75, 3.05) is 6.79 Å². The number of esters is 1. The largest absolute Gasteiger partial charge is 0.434 e. The molecule has 2 aromatic carbocycles. The Morgan fingerprint density at radius 3 is 2.48 bits per heavy atom. The van der Waals surface area contributed by atoms with Gasteiger partial charge in [0, 0.05) is 17.2 Å². The number of nitrogens with zero attached hydrogens (tertiary/aromatic N) is 2. The van der Waals surface area contributed by atoms with Crippen molar-refractivity contribution in [3.05, 3.63) is 76.8 Å².